The van der Waals surface area contributed by atoms with Crippen molar-refractivity contribution < 1.29 is 9.21 Å². The number of amides is 1. The summed E-state index contributed by atoms with van der Waals surface area (Å²) in [4.78, 5) is 16.5. The van der Waals surface area contributed by atoms with Crippen LogP contribution in [0.5, 0.6) is 0 Å². The van der Waals surface area contributed by atoms with Gasteiger partial charge in [-0.1, -0.05) is 18.2 Å². The lowest BCUT2D eigenvalue weighted by Gasteiger charge is -2.31. The number of likely N-dealkylation sites (N-methyl/N-ethyl adjacent to an activating group) is 1. The fourth-order valence-corrected chi connectivity index (χ4v) is 2.48. The van der Waals surface area contributed by atoms with E-state index in [1.807, 2.05) is 36.1 Å². The fourth-order valence-electron chi connectivity index (χ4n) is 2.48. The van der Waals surface area contributed by atoms with Gasteiger partial charge in [-0.25, -0.2) is 0 Å². The van der Waals surface area contributed by atoms with Gasteiger partial charge in [0.05, 0.1) is 0 Å². The van der Waals surface area contributed by atoms with Crippen LogP contribution in [0.3, 0.4) is 0 Å². The van der Waals surface area contributed by atoms with E-state index in [4.69, 9.17) is 4.42 Å². The van der Waals surface area contributed by atoms with E-state index in [0.29, 0.717) is 5.76 Å². The van der Waals surface area contributed by atoms with Crippen LogP contribution in [0.15, 0.2) is 28.7 Å². The minimum atomic E-state index is 0.00343. The van der Waals surface area contributed by atoms with Gasteiger partial charge in [0, 0.05) is 31.6 Å². The van der Waals surface area contributed by atoms with Crippen molar-refractivity contribution in [2.75, 3.05) is 33.2 Å². The molecule has 2 heterocycles. The standard InChI is InChI=1S/C15H18N2O2/c1-11-4-3-5-12-10-13(19-14(11)12)15(18)17-8-6-16(2)7-9-17/h3-5,10H,6-9H2,1-2H3. The molecule has 1 aromatic carbocycles. The largest absolute Gasteiger partial charge is 0.451 e. The highest BCUT2D eigenvalue weighted by atomic mass is 16.3. The van der Waals surface area contributed by atoms with Crippen LogP contribution in [0, 0.1) is 6.92 Å². The summed E-state index contributed by atoms with van der Waals surface area (Å²) in [5.74, 6) is 0.456. The Morgan fingerprint density at radius 2 is 1.95 bits per heavy atom. The molecule has 1 saturated heterocycles. The Hall–Kier alpha value is -1.81. The molecule has 1 aliphatic heterocycles. The molecular formula is C15H18N2O2. The maximum Gasteiger partial charge on any atom is 0.289 e. The third kappa shape index (κ3) is 2.24. The van der Waals surface area contributed by atoms with Crippen LogP contribution in [0.25, 0.3) is 11.0 Å². The predicted octanol–water partition coefficient (Wildman–Crippen LogP) is 2.13. The predicted molar refractivity (Wildman–Crippen MR) is 74.4 cm³/mol. The van der Waals surface area contributed by atoms with Crippen LogP contribution in [0.1, 0.15) is 16.1 Å². The minimum Gasteiger partial charge on any atom is -0.451 e. The number of para-hydroxylation sites is 1. The Morgan fingerprint density at radius 3 is 2.63 bits per heavy atom. The molecular weight excluding hydrogens is 240 g/mol. The van der Waals surface area contributed by atoms with E-state index < -0.39 is 0 Å². The molecule has 0 saturated carbocycles. The SMILES string of the molecule is Cc1cccc2cc(C(=O)N3CCN(C)CC3)oc12. The molecule has 19 heavy (non-hydrogen) atoms. The minimum absolute atomic E-state index is 0.00343. The maximum absolute atomic E-state index is 12.4. The van der Waals surface area contributed by atoms with Crippen molar-refractivity contribution in [3.8, 4) is 0 Å². The van der Waals surface area contributed by atoms with Crippen LogP contribution in [-0.2, 0) is 0 Å². The molecule has 1 aromatic heterocycles. The molecule has 100 valence electrons. The Morgan fingerprint density at radius 1 is 1.21 bits per heavy atom. The molecule has 1 amide bonds. The molecule has 4 heteroatoms. The molecule has 0 atom stereocenters. The van der Waals surface area contributed by atoms with Crippen molar-refractivity contribution in [3.63, 3.8) is 0 Å². The molecule has 0 spiro atoms. The molecule has 0 unspecified atom stereocenters. The number of nitrogens with zero attached hydrogens (tertiary/aromatic N) is 2. The van der Waals surface area contributed by atoms with Gasteiger partial charge >= 0.3 is 0 Å². The number of fused-ring (bicyclic) bond motifs is 1. The zero-order valence-corrected chi connectivity index (χ0v) is 11.3. The van der Waals surface area contributed by atoms with Gasteiger partial charge in [-0.3, -0.25) is 4.79 Å². The van der Waals surface area contributed by atoms with Crippen LogP contribution >= 0.6 is 0 Å². The van der Waals surface area contributed by atoms with Crippen LogP contribution in [-0.4, -0.2) is 48.9 Å². The number of rotatable bonds is 1. The molecule has 0 bridgehead atoms. The average Bonchev–Trinajstić information content (AvgIpc) is 2.84. The molecule has 0 N–H and O–H groups in total. The first-order valence-electron chi connectivity index (χ1n) is 6.62. The first kappa shape index (κ1) is 12.2. The van der Waals surface area contributed by atoms with E-state index >= 15 is 0 Å². The molecule has 2 aromatic rings. The molecule has 1 aliphatic rings. The highest BCUT2D eigenvalue weighted by Gasteiger charge is 2.23. The first-order valence-corrected chi connectivity index (χ1v) is 6.62. The highest BCUT2D eigenvalue weighted by Crippen LogP contribution is 2.23. The number of aryl methyl sites for hydroxylation is 1. The van der Waals surface area contributed by atoms with Gasteiger partial charge in [-0.05, 0) is 25.6 Å². The van der Waals surface area contributed by atoms with Gasteiger partial charge in [-0.15, -0.1) is 0 Å². The van der Waals surface area contributed by atoms with E-state index in [1.54, 1.807) is 0 Å². The first-order chi connectivity index (χ1) is 9.15. The summed E-state index contributed by atoms with van der Waals surface area (Å²) in [6.07, 6.45) is 0. The normalized spacial score (nSPS) is 17.1. The van der Waals surface area contributed by atoms with Crippen molar-refractivity contribution in [1.29, 1.82) is 0 Å². The summed E-state index contributed by atoms with van der Waals surface area (Å²) in [7, 11) is 2.08. The van der Waals surface area contributed by atoms with Gasteiger partial charge in [-0.2, -0.15) is 0 Å². The summed E-state index contributed by atoms with van der Waals surface area (Å²) in [6.45, 7) is 5.38. The second-order valence-corrected chi connectivity index (χ2v) is 5.20. The van der Waals surface area contributed by atoms with E-state index in [0.717, 1.165) is 42.7 Å². The summed E-state index contributed by atoms with van der Waals surface area (Å²) >= 11 is 0. The van der Waals surface area contributed by atoms with Gasteiger partial charge in [0.2, 0.25) is 0 Å². The van der Waals surface area contributed by atoms with E-state index in [2.05, 4.69) is 11.9 Å². The van der Waals surface area contributed by atoms with Crippen LogP contribution in [0.2, 0.25) is 0 Å². The third-order valence-corrected chi connectivity index (χ3v) is 3.74. The van der Waals surface area contributed by atoms with Crippen LogP contribution < -0.4 is 0 Å². The third-order valence-electron chi connectivity index (χ3n) is 3.74. The molecule has 3 rings (SSSR count). The average molecular weight is 258 g/mol. The smallest absolute Gasteiger partial charge is 0.289 e. The number of benzene rings is 1. The number of carbonyl (C=O) groups is 1. The summed E-state index contributed by atoms with van der Waals surface area (Å²) in [6, 6.07) is 7.81. The van der Waals surface area contributed by atoms with Crippen molar-refractivity contribution >= 4 is 16.9 Å². The number of hydrogen-bond acceptors (Lipinski definition) is 3. The molecule has 0 aliphatic carbocycles. The second-order valence-electron chi connectivity index (χ2n) is 5.20. The molecule has 0 radical (unpaired) electrons. The van der Waals surface area contributed by atoms with Gasteiger partial charge in [0.25, 0.3) is 5.91 Å². The monoisotopic (exact) mass is 258 g/mol. The zero-order chi connectivity index (χ0) is 13.4. The van der Waals surface area contributed by atoms with Gasteiger partial charge < -0.3 is 14.2 Å². The summed E-state index contributed by atoms with van der Waals surface area (Å²) < 4.78 is 5.74. The lowest BCUT2D eigenvalue weighted by Crippen LogP contribution is -2.47. The Labute approximate surface area is 112 Å². The quantitative estimate of drug-likeness (QED) is 0.786. The van der Waals surface area contributed by atoms with Crippen molar-refractivity contribution in [2.24, 2.45) is 0 Å². The summed E-state index contributed by atoms with van der Waals surface area (Å²) in [5, 5.41) is 0.998. The lowest BCUT2D eigenvalue weighted by molar-refractivity contribution is 0.0635. The number of piperazine rings is 1. The van der Waals surface area contributed by atoms with Crippen molar-refractivity contribution in [2.45, 2.75) is 6.92 Å². The number of hydrogen-bond donors (Lipinski definition) is 0. The zero-order valence-electron chi connectivity index (χ0n) is 11.3. The number of furan rings is 1. The summed E-state index contributed by atoms with van der Waals surface area (Å²) in [5.41, 5.74) is 1.88. The fraction of sp³-hybridized carbons (Fsp3) is 0.400. The molecule has 1 fully saturated rings. The van der Waals surface area contributed by atoms with E-state index in [9.17, 15) is 4.79 Å². The number of carbonyl (C=O) groups excluding carboxylic acids is 1. The highest BCUT2D eigenvalue weighted by molar-refractivity contribution is 5.96. The second kappa shape index (κ2) is 4.70. The van der Waals surface area contributed by atoms with Crippen molar-refractivity contribution in [3.05, 3.63) is 35.6 Å². The van der Waals surface area contributed by atoms with Crippen LogP contribution in [0.4, 0.5) is 0 Å². The maximum atomic E-state index is 12.4. The van der Waals surface area contributed by atoms with Gasteiger partial charge in [0.15, 0.2) is 5.76 Å². The van der Waals surface area contributed by atoms with E-state index in [1.165, 1.54) is 0 Å². The Bertz CT molecular complexity index is 610. The van der Waals surface area contributed by atoms with Crippen molar-refractivity contribution in [1.82, 2.24) is 9.80 Å². The van der Waals surface area contributed by atoms with Gasteiger partial charge in [0.1, 0.15) is 5.58 Å². The topological polar surface area (TPSA) is 36.7 Å². The molecule has 4 nitrogen and oxygen atoms in total. The Balaban J connectivity index is 1.87. The Kier molecular flexibility index (Phi) is 3.03. The lowest BCUT2D eigenvalue weighted by atomic mass is 10.2. The van der Waals surface area contributed by atoms with E-state index in [-0.39, 0.29) is 5.91 Å².